The van der Waals surface area contributed by atoms with Gasteiger partial charge in [-0.1, -0.05) is 30.7 Å². The summed E-state index contributed by atoms with van der Waals surface area (Å²) in [5, 5.41) is 18.5. The van der Waals surface area contributed by atoms with Gasteiger partial charge in [0.2, 0.25) is 0 Å². The zero-order chi connectivity index (χ0) is 10.6. The highest BCUT2D eigenvalue weighted by molar-refractivity contribution is 6.32. The average Bonchev–Trinajstić information content (AvgIpc) is 2.19. The van der Waals surface area contributed by atoms with Gasteiger partial charge in [0.15, 0.2) is 0 Å². The van der Waals surface area contributed by atoms with Crippen LogP contribution in [0.25, 0.3) is 6.08 Å². The summed E-state index contributed by atoms with van der Waals surface area (Å²) in [7, 11) is 0. The summed E-state index contributed by atoms with van der Waals surface area (Å²) in [4.78, 5) is 0. The number of rotatable bonds is 3. The number of phenols is 1. The first-order valence-corrected chi connectivity index (χ1v) is 4.84. The van der Waals surface area contributed by atoms with Crippen LogP contribution in [-0.4, -0.2) is 16.8 Å². The van der Waals surface area contributed by atoms with Gasteiger partial charge in [0.05, 0.1) is 11.6 Å². The van der Waals surface area contributed by atoms with E-state index in [1.807, 2.05) is 13.0 Å². The fourth-order valence-electron chi connectivity index (χ4n) is 1.11. The number of aromatic hydroxyl groups is 1. The van der Waals surface area contributed by atoms with Gasteiger partial charge in [-0.25, -0.2) is 0 Å². The van der Waals surface area contributed by atoms with Gasteiger partial charge in [0.1, 0.15) is 5.75 Å². The summed E-state index contributed by atoms with van der Waals surface area (Å²) in [5.41, 5.74) is 1.82. The molecule has 2 N–H and O–H groups in total. The fraction of sp³-hybridized carbons (Fsp3) is 0.273. The number of aliphatic hydroxyl groups excluding tert-OH is 1. The second kappa shape index (κ2) is 5.03. The minimum Gasteiger partial charge on any atom is -0.506 e. The second-order valence-electron chi connectivity index (χ2n) is 3.03. The van der Waals surface area contributed by atoms with Crippen molar-refractivity contribution in [3.8, 4) is 5.75 Å². The van der Waals surface area contributed by atoms with Gasteiger partial charge >= 0.3 is 0 Å². The van der Waals surface area contributed by atoms with Crippen molar-refractivity contribution in [3.63, 3.8) is 0 Å². The van der Waals surface area contributed by atoms with Crippen LogP contribution in [0.5, 0.6) is 5.75 Å². The molecule has 0 aliphatic rings. The van der Waals surface area contributed by atoms with Gasteiger partial charge in [-0.05, 0) is 29.7 Å². The van der Waals surface area contributed by atoms with E-state index in [1.165, 1.54) is 0 Å². The van der Waals surface area contributed by atoms with E-state index in [0.29, 0.717) is 5.02 Å². The van der Waals surface area contributed by atoms with E-state index in [4.69, 9.17) is 16.7 Å². The van der Waals surface area contributed by atoms with E-state index in [1.54, 1.807) is 18.2 Å². The zero-order valence-electron chi connectivity index (χ0n) is 8.00. The van der Waals surface area contributed by atoms with Crippen molar-refractivity contribution in [1.82, 2.24) is 0 Å². The van der Waals surface area contributed by atoms with Crippen LogP contribution in [-0.2, 0) is 0 Å². The third-order valence-corrected chi connectivity index (χ3v) is 2.30. The highest BCUT2D eigenvalue weighted by Crippen LogP contribution is 2.24. The fourth-order valence-corrected chi connectivity index (χ4v) is 1.30. The van der Waals surface area contributed by atoms with Crippen LogP contribution >= 0.6 is 11.6 Å². The van der Waals surface area contributed by atoms with E-state index in [0.717, 1.165) is 17.6 Å². The summed E-state index contributed by atoms with van der Waals surface area (Å²) >= 11 is 5.74. The van der Waals surface area contributed by atoms with Crippen LogP contribution in [0.1, 0.15) is 18.9 Å². The Hall–Kier alpha value is -0.990. The summed E-state index contributed by atoms with van der Waals surface area (Å²) in [6, 6.07) is 4.97. The molecule has 0 aliphatic carbocycles. The summed E-state index contributed by atoms with van der Waals surface area (Å²) in [5.74, 6) is 0.0749. The standard InChI is InChI=1S/C11H13ClO2/c1-2-8(7-13)5-9-3-4-11(14)10(12)6-9/h3-6,13-14H,2,7H2,1H3. The molecule has 76 valence electrons. The normalized spacial score (nSPS) is 11.8. The van der Waals surface area contributed by atoms with Gasteiger partial charge < -0.3 is 10.2 Å². The molecule has 1 aromatic rings. The minimum absolute atomic E-state index is 0.0506. The third kappa shape index (κ3) is 2.76. The quantitative estimate of drug-likeness (QED) is 0.809. The Kier molecular flexibility index (Phi) is 3.98. The Bertz CT molecular complexity index is 339. The number of benzene rings is 1. The van der Waals surface area contributed by atoms with Gasteiger partial charge in [-0.15, -0.1) is 0 Å². The molecule has 0 amide bonds. The topological polar surface area (TPSA) is 40.5 Å². The molecule has 0 aromatic heterocycles. The van der Waals surface area contributed by atoms with E-state index < -0.39 is 0 Å². The monoisotopic (exact) mass is 212 g/mol. The Morgan fingerprint density at radius 1 is 1.50 bits per heavy atom. The third-order valence-electron chi connectivity index (χ3n) is 2.00. The minimum atomic E-state index is 0.0506. The van der Waals surface area contributed by atoms with Gasteiger partial charge in [-0.3, -0.25) is 0 Å². The Balaban J connectivity index is 2.97. The van der Waals surface area contributed by atoms with E-state index in [-0.39, 0.29) is 12.4 Å². The van der Waals surface area contributed by atoms with E-state index in [2.05, 4.69) is 0 Å². The summed E-state index contributed by atoms with van der Waals surface area (Å²) in [6.07, 6.45) is 2.67. The lowest BCUT2D eigenvalue weighted by atomic mass is 10.1. The number of phenolic OH excluding ortho intramolecular Hbond substituents is 1. The van der Waals surface area contributed by atoms with E-state index >= 15 is 0 Å². The largest absolute Gasteiger partial charge is 0.506 e. The van der Waals surface area contributed by atoms with E-state index in [9.17, 15) is 5.11 Å². The molecule has 1 aromatic carbocycles. The summed E-state index contributed by atoms with van der Waals surface area (Å²) < 4.78 is 0. The van der Waals surface area contributed by atoms with Crippen molar-refractivity contribution in [2.75, 3.05) is 6.61 Å². The number of hydrogen-bond acceptors (Lipinski definition) is 2. The van der Waals surface area contributed by atoms with Gasteiger partial charge in [0.25, 0.3) is 0 Å². The molecule has 3 heteroatoms. The maximum atomic E-state index is 9.19. The Morgan fingerprint density at radius 2 is 2.21 bits per heavy atom. The Morgan fingerprint density at radius 3 is 2.71 bits per heavy atom. The molecule has 0 heterocycles. The molecule has 0 saturated heterocycles. The van der Waals surface area contributed by atoms with Crippen LogP contribution in [0.4, 0.5) is 0 Å². The van der Waals surface area contributed by atoms with Crippen molar-refractivity contribution < 1.29 is 10.2 Å². The number of aliphatic hydroxyl groups is 1. The molecule has 14 heavy (non-hydrogen) atoms. The maximum Gasteiger partial charge on any atom is 0.134 e. The highest BCUT2D eigenvalue weighted by atomic mass is 35.5. The van der Waals surface area contributed by atoms with Crippen LogP contribution < -0.4 is 0 Å². The first kappa shape index (κ1) is 11.1. The lowest BCUT2D eigenvalue weighted by Gasteiger charge is -2.01. The first-order chi connectivity index (χ1) is 6.67. The van der Waals surface area contributed by atoms with Gasteiger partial charge in [0, 0.05) is 0 Å². The van der Waals surface area contributed by atoms with Crippen LogP contribution in [0.2, 0.25) is 5.02 Å². The highest BCUT2D eigenvalue weighted by Gasteiger charge is 1.99. The molecular formula is C11H13ClO2. The van der Waals surface area contributed by atoms with Crippen LogP contribution in [0.3, 0.4) is 0 Å². The maximum absolute atomic E-state index is 9.19. The SMILES string of the molecule is CCC(=Cc1ccc(O)c(Cl)c1)CO. The molecule has 0 aliphatic heterocycles. The number of hydrogen-bond donors (Lipinski definition) is 2. The molecule has 0 bridgehead atoms. The predicted octanol–water partition coefficient (Wildman–Crippen LogP) is 2.83. The molecule has 0 fully saturated rings. The van der Waals surface area contributed by atoms with Crippen molar-refractivity contribution in [2.24, 2.45) is 0 Å². The average molecular weight is 213 g/mol. The molecule has 0 unspecified atom stereocenters. The second-order valence-corrected chi connectivity index (χ2v) is 3.43. The lowest BCUT2D eigenvalue weighted by Crippen LogP contribution is -1.87. The van der Waals surface area contributed by atoms with Crippen molar-refractivity contribution in [1.29, 1.82) is 0 Å². The molecule has 1 rings (SSSR count). The zero-order valence-corrected chi connectivity index (χ0v) is 8.75. The Labute approximate surface area is 88.5 Å². The smallest absolute Gasteiger partial charge is 0.134 e. The van der Waals surface area contributed by atoms with Crippen molar-refractivity contribution >= 4 is 17.7 Å². The first-order valence-electron chi connectivity index (χ1n) is 4.46. The van der Waals surface area contributed by atoms with Crippen molar-refractivity contribution in [3.05, 3.63) is 34.4 Å². The van der Waals surface area contributed by atoms with Gasteiger partial charge in [-0.2, -0.15) is 0 Å². The molecule has 2 nitrogen and oxygen atoms in total. The predicted molar refractivity (Wildman–Crippen MR) is 58.5 cm³/mol. The molecular weight excluding hydrogens is 200 g/mol. The van der Waals surface area contributed by atoms with Crippen LogP contribution in [0, 0.1) is 0 Å². The van der Waals surface area contributed by atoms with Crippen molar-refractivity contribution in [2.45, 2.75) is 13.3 Å². The molecule has 0 spiro atoms. The van der Waals surface area contributed by atoms with Crippen LogP contribution in [0.15, 0.2) is 23.8 Å². The molecule has 0 atom stereocenters. The number of halogens is 1. The summed E-state index contributed by atoms with van der Waals surface area (Å²) in [6.45, 7) is 2.03. The molecule has 0 saturated carbocycles. The lowest BCUT2D eigenvalue weighted by molar-refractivity contribution is 0.329. The molecule has 0 radical (unpaired) electrons.